The molecule has 206 valence electrons. The number of hydrogen-bond donors (Lipinski definition) is 1. The Hall–Kier alpha value is -3.75. The highest BCUT2D eigenvalue weighted by Gasteiger charge is 2.38. The van der Waals surface area contributed by atoms with Gasteiger partial charge >= 0.3 is 17.9 Å². The summed E-state index contributed by atoms with van der Waals surface area (Å²) in [6, 6.07) is 8.11. The van der Waals surface area contributed by atoms with E-state index in [0.29, 0.717) is 22.2 Å². The first kappa shape index (κ1) is 29.2. The van der Waals surface area contributed by atoms with E-state index < -0.39 is 51.5 Å². The number of carbonyl (C=O) groups excluding carboxylic acids is 3. The van der Waals surface area contributed by atoms with E-state index in [2.05, 4.69) is 37.2 Å². The minimum absolute atomic E-state index is 0.0195. The molecule has 0 spiro atoms. The number of anilines is 1. The van der Waals surface area contributed by atoms with Gasteiger partial charge in [0.1, 0.15) is 11.3 Å². The monoisotopic (exact) mass is 701 g/mol. The number of imide groups is 2. The van der Waals surface area contributed by atoms with Gasteiger partial charge < -0.3 is 4.74 Å². The Morgan fingerprint density at radius 1 is 1.10 bits per heavy atom. The highest BCUT2D eigenvalue weighted by molar-refractivity contribution is 9.11. The molecule has 1 saturated heterocycles. The van der Waals surface area contributed by atoms with Crippen molar-refractivity contribution in [2.24, 2.45) is 0 Å². The third kappa shape index (κ3) is 5.74. The van der Waals surface area contributed by atoms with Gasteiger partial charge in [0.15, 0.2) is 0 Å². The van der Waals surface area contributed by atoms with E-state index in [0.717, 1.165) is 17.0 Å². The highest BCUT2D eigenvalue weighted by Crippen LogP contribution is 2.42. The molecule has 0 aromatic heterocycles. The van der Waals surface area contributed by atoms with E-state index in [-0.39, 0.29) is 26.5 Å². The van der Waals surface area contributed by atoms with Crippen molar-refractivity contribution in [1.29, 1.82) is 0 Å². The number of alkyl halides is 3. The molecule has 3 aromatic carbocycles. The molecule has 1 aliphatic rings. The van der Waals surface area contributed by atoms with Crippen LogP contribution >= 0.6 is 43.5 Å². The average Bonchev–Trinajstić information content (AvgIpc) is 2.85. The van der Waals surface area contributed by atoms with Crippen molar-refractivity contribution in [3.05, 3.63) is 94.9 Å². The average molecular weight is 704 g/mol. The highest BCUT2D eigenvalue weighted by atomic mass is 79.9. The summed E-state index contributed by atoms with van der Waals surface area (Å²) in [6.07, 6.45) is -3.76. The van der Waals surface area contributed by atoms with Crippen LogP contribution < -0.4 is 15.0 Å². The summed E-state index contributed by atoms with van der Waals surface area (Å²) >= 11 is 12.6. The van der Waals surface area contributed by atoms with Gasteiger partial charge in [0.05, 0.1) is 20.6 Å². The molecule has 3 aromatic rings. The molecule has 40 heavy (non-hydrogen) atoms. The number of nitrogens with zero attached hydrogens (tertiary/aromatic N) is 2. The number of ether oxygens (including phenoxy) is 1. The van der Waals surface area contributed by atoms with Crippen molar-refractivity contribution in [1.82, 2.24) is 5.32 Å². The molecule has 15 heteroatoms. The Morgan fingerprint density at radius 2 is 1.80 bits per heavy atom. The van der Waals surface area contributed by atoms with Gasteiger partial charge in [0.2, 0.25) is 5.75 Å². The van der Waals surface area contributed by atoms with Crippen LogP contribution in [0.3, 0.4) is 0 Å². The third-order valence-electron chi connectivity index (χ3n) is 5.61. The number of rotatable bonds is 5. The largest absolute Gasteiger partial charge is 0.448 e. The normalized spacial score (nSPS) is 14.9. The number of nitro benzene ring substituents is 1. The van der Waals surface area contributed by atoms with Crippen molar-refractivity contribution < 1.29 is 37.2 Å². The second-order valence-electron chi connectivity index (χ2n) is 8.19. The molecular formula is C25H13Br2ClF3N3O6. The fraction of sp³-hybridized carbons (Fsp3) is 0.0800. The van der Waals surface area contributed by atoms with Gasteiger partial charge in [-0.15, -0.1) is 0 Å². The summed E-state index contributed by atoms with van der Waals surface area (Å²) in [4.78, 5) is 50.0. The molecule has 4 amide bonds. The molecule has 1 heterocycles. The minimum atomic E-state index is -4.84. The molecule has 0 radical (unpaired) electrons. The first-order valence-electron chi connectivity index (χ1n) is 10.9. The predicted molar refractivity (Wildman–Crippen MR) is 145 cm³/mol. The second kappa shape index (κ2) is 11.0. The zero-order valence-corrected chi connectivity index (χ0v) is 23.7. The summed E-state index contributed by atoms with van der Waals surface area (Å²) in [5, 5.41) is 13.9. The summed E-state index contributed by atoms with van der Waals surface area (Å²) in [5.74, 6) is -2.73. The van der Waals surface area contributed by atoms with Crippen LogP contribution in [-0.4, -0.2) is 22.8 Å². The van der Waals surface area contributed by atoms with E-state index >= 15 is 0 Å². The standard InChI is InChI=1S/C25H13Br2ClF3N3O6/c1-11-17(28)3-2-4-18(11)33-23(36)15(22(35)32-24(33)37)8-12-7-14(26)10-16(27)21(12)40-20-6-5-13(25(29,30)31)9-19(20)34(38)39/h2-10H,1H3,(H,32,35,37)/b15-8+. The molecule has 0 aliphatic carbocycles. The van der Waals surface area contributed by atoms with E-state index in [9.17, 15) is 37.7 Å². The van der Waals surface area contributed by atoms with Crippen molar-refractivity contribution in [3.8, 4) is 11.5 Å². The third-order valence-corrected chi connectivity index (χ3v) is 7.07. The van der Waals surface area contributed by atoms with Crippen LogP contribution in [0, 0.1) is 17.0 Å². The van der Waals surface area contributed by atoms with Crippen LogP contribution in [0.2, 0.25) is 5.02 Å². The molecule has 4 rings (SSSR count). The van der Waals surface area contributed by atoms with E-state index in [1.165, 1.54) is 24.3 Å². The Morgan fingerprint density at radius 3 is 2.45 bits per heavy atom. The molecule has 0 bridgehead atoms. The van der Waals surface area contributed by atoms with Gasteiger partial charge in [-0.2, -0.15) is 13.2 Å². The van der Waals surface area contributed by atoms with E-state index in [1.807, 2.05) is 0 Å². The maximum Gasteiger partial charge on any atom is 0.416 e. The maximum atomic E-state index is 13.4. The van der Waals surface area contributed by atoms with Gasteiger partial charge in [0.25, 0.3) is 11.8 Å². The number of nitrogens with one attached hydrogen (secondary N) is 1. The number of halogens is 6. The molecular weight excluding hydrogens is 691 g/mol. The smallest absolute Gasteiger partial charge is 0.416 e. The maximum absolute atomic E-state index is 13.4. The molecule has 0 atom stereocenters. The predicted octanol–water partition coefficient (Wildman–Crippen LogP) is 7.56. The van der Waals surface area contributed by atoms with Crippen molar-refractivity contribution in [2.75, 3.05) is 4.90 Å². The topological polar surface area (TPSA) is 119 Å². The number of amides is 4. The fourth-order valence-electron chi connectivity index (χ4n) is 3.70. The molecule has 1 fully saturated rings. The number of carbonyl (C=O) groups is 3. The summed E-state index contributed by atoms with van der Waals surface area (Å²) in [5.41, 5.74) is -2.19. The zero-order chi connectivity index (χ0) is 29.5. The van der Waals surface area contributed by atoms with Crippen molar-refractivity contribution in [3.63, 3.8) is 0 Å². The van der Waals surface area contributed by atoms with Crippen molar-refractivity contribution >= 4 is 78.8 Å². The van der Waals surface area contributed by atoms with E-state index in [4.69, 9.17) is 16.3 Å². The minimum Gasteiger partial charge on any atom is -0.448 e. The lowest BCUT2D eigenvalue weighted by molar-refractivity contribution is -0.385. The van der Waals surface area contributed by atoms with Crippen LogP contribution in [0.1, 0.15) is 16.7 Å². The summed E-state index contributed by atoms with van der Waals surface area (Å²) in [6.45, 7) is 1.58. The number of nitro groups is 1. The first-order chi connectivity index (χ1) is 18.7. The second-order valence-corrected chi connectivity index (χ2v) is 10.4. The van der Waals surface area contributed by atoms with Gasteiger partial charge in [-0.25, -0.2) is 9.69 Å². The van der Waals surface area contributed by atoms with Crippen LogP contribution in [0.15, 0.2) is 63.0 Å². The van der Waals surface area contributed by atoms with Crippen LogP contribution in [-0.2, 0) is 15.8 Å². The lowest BCUT2D eigenvalue weighted by Crippen LogP contribution is -2.54. The van der Waals surface area contributed by atoms with Crippen molar-refractivity contribution in [2.45, 2.75) is 13.1 Å². The number of barbiturate groups is 1. The number of benzene rings is 3. The quantitative estimate of drug-likeness (QED) is 0.127. The van der Waals surface area contributed by atoms with Crippen LogP contribution in [0.25, 0.3) is 6.08 Å². The molecule has 1 N–H and O–H groups in total. The Bertz CT molecular complexity index is 1640. The van der Waals surface area contributed by atoms with E-state index in [1.54, 1.807) is 13.0 Å². The lowest BCUT2D eigenvalue weighted by Gasteiger charge is -2.28. The van der Waals surface area contributed by atoms with Gasteiger partial charge in [-0.05, 0) is 70.9 Å². The molecule has 0 unspecified atom stereocenters. The number of urea groups is 1. The molecule has 0 saturated carbocycles. The molecule has 9 nitrogen and oxygen atoms in total. The summed E-state index contributed by atoms with van der Waals surface area (Å²) < 4.78 is 45.7. The molecule has 1 aliphatic heterocycles. The first-order valence-corrected chi connectivity index (χ1v) is 12.8. The zero-order valence-electron chi connectivity index (χ0n) is 19.8. The Kier molecular flexibility index (Phi) is 8.06. The van der Waals surface area contributed by atoms with Crippen LogP contribution in [0.4, 0.5) is 29.3 Å². The van der Waals surface area contributed by atoms with Gasteiger partial charge in [-0.1, -0.05) is 33.6 Å². The Balaban J connectivity index is 1.83. The van der Waals surface area contributed by atoms with Gasteiger partial charge in [0, 0.05) is 21.1 Å². The summed E-state index contributed by atoms with van der Waals surface area (Å²) in [7, 11) is 0. The Labute approximate surface area is 245 Å². The fourth-order valence-corrected chi connectivity index (χ4v) is 5.21. The van der Waals surface area contributed by atoms with Gasteiger partial charge in [-0.3, -0.25) is 25.0 Å². The lowest BCUT2D eigenvalue weighted by atomic mass is 10.0. The van der Waals surface area contributed by atoms with Crippen LogP contribution in [0.5, 0.6) is 11.5 Å². The number of hydrogen-bond acceptors (Lipinski definition) is 6. The SMILES string of the molecule is Cc1c(Cl)cccc1N1C(=O)NC(=O)/C(=C\c2cc(Br)cc(Br)c2Oc2ccc(C(F)(F)F)cc2[N+](=O)[O-])C1=O.